The van der Waals surface area contributed by atoms with Gasteiger partial charge in [0.2, 0.25) is 5.91 Å². The van der Waals surface area contributed by atoms with Crippen LogP contribution in [0.5, 0.6) is 0 Å². The summed E-state index contributed by atoms with van der Waals surface area (Å²) in [5.74, 6) is -0.105. The van der Waals surface area contributed by atoms with Crippen LogP contribution in [0.25, 0.3) is 0 Å². The van der Waals surface area contributed by atoms with Crippen molar-refractivity contribution in [3.8, 4) is 0 Å². The van der Waals surface area contributed by atoms with Crippen molar-refractivity contribution in [2.75, 3.05) is 0 Å². The highest BCUT2D eigenvalue weighted by atomic mass is 16.2. The Morgan fingerprint density at radius 3 is 2.42 bits per heavy atom. The van der Waals surface area contributed by atoms with Crippen LogP contribution in [0.4, 0.5) is 0 Å². The van der Waals surface area contributed by atoms with Crippen molar-refractivity contribution < 1.29 is 4.79 Å². The maximum Gasteiger partial charge on any atom is 0.325 e. The second-order valence-electron chi connectivity index (χ2n) is 7.43. The Balaban J connectivity index is 1.92. The maximum absolute atomic E-state index is 12.2. The summed E-state index contributed by atoms with van der Waals surface area (Å²) in [6.45, 7) is 7.97. The van der Waals surface area contributed by atoms with Gasteiger partial charge in [0.25, 0.3) is 5.56 Å². The van der Waals surface area contributed by atoms with Gasteiger partial charge in [-0.1, -0.05) is 44.2 Å². The number of aryl methyl sites for hydroxylation is 1. The first kappa shape index (κ1) is 19.7. The normalized spacial score (nSPS) is 12.6. The number of hydrogen-bond donors (Lipinski definition) is 3. The molecule has 0 aliphatic rings. The van der Waals surface area contributed by atoms with E-state index in [9.17, 15) is 14.4 Å². The summed E-state index contributed by atoms with van der Waals surface area (Å²) in [5, 5.41) is 3.00. The van der Waals surface area contributed by atoms with Crippen LogP contribution >= 0.6 is 0 Å². The van der Waals surface area contributed by atoms with Crippen LogP contribution in [-0.2, 0) is 16.6 Å². The third-order valence-corrected chi connectivity index (χ3v) is 4.64. The number of carbonyl (C=O) groups excluding carboxylic acids is 1. The van der Waals surface area contributed by atoms with E-state index < -0.39 is 11.2 Å². The van der Waals surface area contributed by atoms with Crippen molar-refractivity contribution >= 4 is 5.91 Å². The molecule has 0 saturated heterocycles. The van der Waals surface area contributed by atoms with E-state index in [4.69, 9.17) is 0 Å². The third kappa shape index (κ3) is 5.18. The Morgan fingerprint density at radius 1 is 1.15 bits per heavy atom. The molecule has 1 aromatic heterocycles. The molecular formula is C20H27N3O3. The van der Waals surface area contributed by atoms with Gasteiger partial charge in [-0.05, 0) is 37.7 Å². The molecule has 2 aromatic rings. The number of carbonyl (C=O) groups is 1. The second kappa shape index (κ2) is 8.17. The fourth-order valence-corrected chi connectivity index (χ4v) is 3.34. The molecule has 0 unspecified atom stereocenters. The van der Waals surface area contributed by atoms with Crippen LogP contribution in [0.15, 0.2) is 39.9 Å². The van der Waals surface area contributed by atoms with Gasteiger partial charge in [0.1, 0.15) is 0 Å². The van der Waals surface area contributed by atoms with E-state index in [1.54, 1.807) is 6.92 Å². The molecule has 0 fully saturated rings. The molecule has 0 aliphatic carbocycles. The number of hydrogen-bond acceptors (Lipinski definition) is 3. The van der Waals surface area contributed by atoms with Crippen molar-refractivity contribution in [1.82, 2.24) is 15.3 Å². The first-order valence-corrected chi connectivity index (χ1v) is 8.86. The average molecular weight is 357 g/mol. The lowest BCUT2D eigenvalue weighted by molar-refractivity contribution is -0.121. The maximum atomic E-state index is 12.2. The molecular weight excluding hydrogens is 330 g/mol. The molecule has 0 spiro atoms. The van der Waals surface area contributed by atoms with Crippen molar-refractivity contribution in [1.29, 1.82) is 0 Å². The number of aromatic amines is 2. The molecule has 2 rings (SSSR count). The van der Waals surface area contributed by atoms with Crippen LogP contribution in [0.3, 0.4) is 0 Å². The largest absolute Gasteiger partial charge is 0.354 e. The van der Waals surface area contributed by atoms with Crippen LogP contribution in [0, 0.1) is 6.92 Å². The second-order valence-corrected chi connectivity index (χ2v) is 7.43. The highest BCUT2D eigenvalue weighted by Crippen LogP contribution is 2.28. The molecule has 1 aromatic carbocycles. The smallest absolute Gasteiger partial charge is 0.325 e. The van der Waals surface area contributed by atoms with Crippen LogP contribution in [0.1, 0.15) is 50.4 Å². The van der Waals surface area contributed by atoms with Crippen LogP contribution in [0.2, 0.25) is 0 Å². The van der Waals surface area contributed by atoms with Gasteiger partial charge in [-0.2, -0.15) is 0 Å². The fraction of sp³-hybridized carbons (Fsp3) is 0.450. The van der Waals surface area contributed by atoms with E-state index in [-0.39, 0.29) is 23.8 Å². The highest BCUT2D eigenvalue weighted by molar-refractivity contribution is 5.76. The summed E-state index contributed by atoms with van der Waals surface area (Å²) in [6.07, 6.45) is 1.30. The monoisotopic (exact) mass is 357 g/mol. The lowest BCUT2D eigenvalue weighted by Crippen LogP contribution is -2.37. The zero-order valence-electron chi connectivity index (χ0n) is 15.8. The summed E-state index contributed by atoms with van der Waals surface area (Å²) < 4.78 is 0. The Labute approximate surface area is 153 Å². The summed E-state index contributed by atoms with van der Waals surface area (Å²) in [7, 11) is 0. The lowest BCUT2D eigenvalue weighted by Gasteiger charge is -2.29. The van der Waals surface area contributed by atoms with E-state index in [2.05, 4.69) is 41.3 Å². The predicted octanol–water partition coefficient (Wildman–Crippen LogP) is 2.18. The molecule has 1 atom stereocenters. The van der Waals surface area contributed by atoms with Gasteiger partial charge in [0, 0.05) is 23.7 Å². The van der Waals surface area contributed by atoms with E-state index in [0.29, 0.717) is 17.7 Å². The molecule has 1 heterocycles. The molecule has 3 N–H and O–H groups in total. The average Bonchev–Trinajstić information content (AvgIpc) is 2.54. The molecule has 6 heteroatoms. The van der Waals surface area contributed by atoms with Crippen LogP contribution < -0.4 is 16.6 Å². The molecule has 1 amide bonds. The zero-order chi connectivity index (χ0) is 19.3. The molecule has 0 bridgehead atoms. The van der Waals surface area contributed by atoms with Gasteiger partial charge in [0.05, 0.1) is 0 Å². The van der Waals surface area contributed by atoms with Crippen molar-refractivity contribution in [2.45, 2.75) is 58.4 Å². The van der Waals surface area contributed by atoms with Crippen LogP contribution in [-0.4, -0.2) is 21.9 Å². The molecule has 6 nitrogen and oxygen atoms in total. The van der Waals surface area contributed by atoms with E-state index in [1.165, 1.54) is 5.56 Å². The van der Waals surface area contributed by atoms with E-state index >= 15 is 0 Å². The van der Waals surface area contributed by atoms with E-state index in [0.717, 1.165) is 6.42 Å². The minimum atomic E-state index is -0.530. The van der Waals surface area contributed by atoms with Crippen molar-refractivity contribution in [2.24, 2.45) is 0 Å². The predicted molar refractivity (Wildman–Crippen MR) is 102 cm³/mol. The number of aromatic nitrogens is 2. The minimum absolute atomic E-state index is 0.00710. The Morgan fingerprint density at radius 2 is 1.81 bits per heavy atom. The summed E-state index contributed by atoms with van der Waals surface area (Å²) >= 11 is 0. The third-order valence-electron chi connectivity index (χ3n) is 4.64. The first-order valence-electron chi connectivity index (χ1n) is 8.86. The van der Waals surface area contributed by atoms with E-state index in [1.807, 2.05) is 25.1 Å². The molecule has 0 saturated carbocycles. The molecule has 26 heavy (non-hydrogen) atoms. The van der Waals surface area contributed by atoms with Crippen molar-refractivity contribution in [3.63, 3.8) is 0 Å². The number of H-pyrrole nitrogens is 2. The van der Waals surface area contributed by atoms with Gasteiger partial charge < -0.3 is 10.3 Å². The fourth-order valence-electron chi connectivity index (χ4n) is 3.34. The van der Waals surface area contributed by atoms with Gasteiger partial charge in [-0.15, -0.1) is 0 Å². The standard InChI is InChI=1S/C20H27N3O3/c1-13(12-20(3,4)15-8-6-5-7-9-15)21-17(24)11-10-16-14(2)22-19(26)23-18(16)25/h5-9,13H,10-12H2,1-4H3,(H,21,24)(H2,22,23,25,26)/t13-/m1/s1. The Bertz CT molecular complexity index is 866. The number of nitrogens with one attached hydrogen (secondary N) is 3. The molecule has 0 aliphatic heterocycles. The van der Waals surface area contributed by atoms with Gasteiger partial charge in [-0.25, -0.2) is 4.79 Å². The number of benzene rings is 1. The van der Waals surface area contributed by atoms with Gasteiger partial charge in [0.15, 0.2) is 0 Å². The Kier molecular flexibility index (Phi) is 6.18. The zero-order valence-corrected chi connectivity index (χ0v) is 15.8. The summed E-state index contributed by atoms with van der Waals surface area (Å²) in [4.78, 5) is 40.0. The van der Waals surface area contributed by atoms with Gasteiger partial charge >= 0.3 is 5.69 Å². The summed E-state index contributed by atoms with van der Waals surface area (Å²) in [5.41, 5.74) is 1.16. The van der Waals surface area contributed by atoms with Crippen molar-refractivity contribution in [3.05, 3.63) is 68.0 Å². The topological polar surface area (TPSA) is 94.8 Å². The molecule has 0 radical (unpaired) electrons. The number of rotatable bonds is 7. The lowest BCUT2D eigenvalue weighted by atomic mass is 9.79. The Hall–Kier alpha value is -2.63. The first-order chi connectivity index (χ1) is 12.2. The van der Waals surface area contributed by atoms with Gasteiger partial charge in [-0.3, -0.25) is 14.6 Å². The highest BCUT2D eigenvalue weighted by Gasteiger charge is 2.24. The minimum Gasteiger partial charge on any atom is -0.354 e. The SMILES string of the molecule is Cc1[nH]c(=O)[nH]c(=O)c1CCC(=O)N[C@H](C)CC(C)(C)c1ccccc1. The number of amides is 1. The quantitative estimate of drug-likeness (QED) is 0.709. The summed E-state index contributed by atoms with van der Waals surface area (Å²) in [6, 6.07) is 10.2. The molecule has 140 valence electrons.